The lowest BCUT2D eigenvalue weighted by atomic mass is 9.84. The van der Waals surface area contributed by atoms with E-state index in [0.29, 0.717) is 12.1 Å². The summed E-state index contributed by atoms with van der Waals surface area (Å²) >= 11 is 0. The number of para-hydroxylation sites is 1. The molecule has 0 saturated heterocycles. The Morgan fingerprint density at radius 2 is 2.05 bits per heavy atom. The molecule has 1 fully saturated rings. The lowest BCUT2D eigenvalue weighted by molar-refractivity contribution is 0.117. The summed E-state index contributed by atoms with van der Waals surface area (Å²) in [4.78, 5) is 2.40. The summed E-state index contributed by atoms with van der Waals surface area (Å²) in [5.41, 5.74) is 1.24. The molecule has 1 aliphatic rings. The normalized spacial score (nSPS) is 23.6. The molecule has 3 atom stereocenters. The highest BCUT2D eigenvalue weighted by Crippen LogP contribution is 2.29. The van der Waals surface area contributed by atoms with Crippen LogP contribution in [0.5, 0.6) is 5.75 Å². The van der Waals surface area contributed by atoms with Crippen LogP contribution < -0.4 is 4.74 Å². The third kappa shape index (κ3) is 3.77. The first-order valence-electron chi connectivity index (χ1n) is 7.90. The van der Waals surface area contributed by atoms with Gasteiger partial charge in [0.2, 0.25) is 0 Å². The summed E-state index contributed by atoms with van der Waals surface area (Å²) in [6.45, 7) is 2.25. The topological polar surface area (TPSA) is 36.3 Å². The molecular weight excluding hydrogens is 260 g/mol. The largest absolute Gasteiger partial charge is 0.496 e. The Labute approximate surface area is 128 Å². The van der Waals surface area contributed by atoms with Gasteiger partial charge >= 0.3 is 0 Å². The maximum absolute atomic E-state index is 9.37. The van der Waals surface area contributed by atoms with Crippen LogP contribution in [0.15, 0.2) is 24.3 Å². The van der Waals surface area contributed by atoms with Crippen molar-refractivity contribution in [2.24, 2.45) is 5.92 Å². The summed E-state index contributed by atoms with van der Waals surface area (Å²) in [6.07, 6.45) is 5.59. The zero-order valence-corrected chi connectivity index (χ0v) is 13.4. The molecule has 114 valence electrons. The molecule has 0 bridgehead atoms. The van der Waals surface area contributed by atoms with Gasteiger partial charge in [0.1, 0.15) is 5.75 Å². The van der Waals surface area contributed by atoms with Crippen molar-refractivity contribution in [3.05, 3.63) is 29.8 Å². The Kier molecular flexibility index (Phi) is 5.64. The van der Waals surface area contributed by atoms with E-state index in [2.05, 4.69) is 37.1 Å². The molecule has 3 unspecified atom stereocenters. The van der Waals surface area contributed by atoms with E-state index in [0.717, 1.165) is 25.0 Å². The lowest BCUT2D eigenvalue weighted by Gasteiger charge is -2.38. The van der Waals surface area contributed by atoms with Gasteiger partial charge in [-0.25, -0.2) is 0 Å². The first kappa shape index (κ1) is 15.9. The minimum atomic E-state index is 0.184. The van der Waals surface area contributed by atoms with E-state index in [9.17, 15) is 5.26 Å². The maximum atomic E-state index is 9.37. The van der Waals surface area contributed by atoms with Crippen molar-refractivity contribution in [3.63, 3.8) is 0 Å². The molecule has 1 aromatic rings. The number of hydrogen-bond donors (Lipinski definition) is 0. The second kappa shape index (κ2) is 7.47. The molecule has 0 aliphatic heterocycles. The number of rotatable bonds is 5. The SMILES string of the molecule is COc1ccccc1CC(C)N(C)C1CCCCC1C#N. The fourth-order valence-electron chi connectivity index (χ4n) is 3.41. The van der Waals surface area contributed by atoms with Crippen molar-refractivity contribution < 1.29 is 4.74 Å². The molecule has 0 spiro atoms. The minimum Gasteiger partial charge on any atom is -0.496 e. The van der Waals surface area contributed by atoms with E-state index >= 15 is 0 Å². The average Bonchev–Trinajstić information content (AvgIpc) is 2.54. The van der Waals surface area contributed by atoms with Crippen LogP contribution in [-0.4, -0.2) is 31.1 Å². The first-order chi connectivity index (χ1) is 10.2. The van der Waals surface area contributed by atoms with Crippen molar-refractivity contribution in [2.45, 2.75) is 51.1 Å². The molecule has 1 saturated carbocycles. The van der Waals surface area contributed by atoms with Gasteiger partial charge in [0.25, 0.3) is 0 Å². The van der Waals surface area contributed by atoms with Crippen LogP contribution in [0.3, 0.4) is 0 Å². The van der Waals surface area contributed by atoms with Gasteiger partial charge in [-0.1, -0.05) is 31.0 Å². The average molecular weight is 286 g/mol. The van der Waals surface area contributed by atoms with Crippen LogP contribution in [0.4, 0.5) is 0 Å². The molecule has 1 aromatic carbocycles. The predicted molar refractivity (Wildman–Crippen MR) is 85.3 cm³/mol. The summed E-state index contributed by atoms with van der Waals surface area (Å²) in [5.74, 6) is 1.14. The van der Waals surface area contributed by atoms with Crippen LogP contribution in [0.1, 0.15) is 38.2 Å². The quantitative estimate of drug-likeness (QED) is 0.829. The number of methoxy groups -OCH3 is 1. The van der Waals surface area contributed by atoms with E-state index in [1.54, 1.807) is 7.11 Å². The monoisotopic (exact) mass is 286 g/mol. The number of nitriles is 1. The van der Waals surface area contributed by atoms with E-state index in [-0.39, 0.29) is 5.92 Å². The Bertz CT molecular complexity index is 494. The molecule has 3 nitrogen and oxygen atoms in total. The minimum absolute atomic E-state index is 0.184. The Morgan fingerprint density at radius 1 is 1.33 bits per heavy atom. The predicted octanol–water partition coefficient (Wildman–Crippen LogP) is 3.64. The van der Waals surface area contributed by atoms with Crippen LogP contribution >= 0.6 is 0 Å². The fraction of sp³-hybridized carbons (Fsp3) is 0.611. The fourth-order valence-corrected chi connectivity index (χ4v) is 3.41. The van der Waals surface area contributed by atoms with E-state index < -0.39 is 0 Å². The zero-order chi connectivity index (χ0) is 15.2. The number of likely N-dealkylation sites (N-methyl/N-ethyl adjacent to an activating group) is 1. The third-order valence-electron chi connectivity index (χ3n) is 4.82. The van der Waals surface area contributed by atoms with Gasteiger partial charge in [0.05, 0.1) is 19.1 Å². The van der Waals surface area contributed by atoms with Gasteiger partial charge in [0.15, 0.2) is 0 Å². The van der Waals surface area contributed by atoms with Crippen LogP contribution in [-0.2, 0) is 6.42 Å². The highest BCUT2D eigenvalue weighted by molar-refractivity contribution is 5.33. The smallest absolute Gasteiger partial charge is 0.122 e. The van der Waals surface area contributed by atoms with Gasteiger partial charge in [-0.15, -0.1) is 0 Å². The summed E-state index contributed by atoms with van der Waals surface area (Å²) < 4.78 is 5.44. The summed E-state index contributed by atoms with van der Waals surface area (Å²) in [7, 11) is 3.89. The first-order valence-corrected chi connectivity index (χ1v) is 7.90. The molecule has 1 aliphatic carbocycles. The Morgan fingerprint density at radius 3 is 2.76 bits per heavy atom. The van der Waals surface area contributed by atoms with Crippen LogP contribution in [0.25, 0.3) is 0 Å². The Balaban J connectivity index is 2.05. The van der Waals surface area contributed by atoms with E-state index in [1.165, 1.54) is 18.4 Å². The van der Waals surface area contributed by atoms with Gasteiger partial charge in [-0.2, -0.15) is 5.26 Å². The van der Waals surface area contributed by atoms with Crippen LogP contribution in [0.2, 0.25) is 0 Å². The molecule has 2 rings (SSSR count). The van der Waals surface area contributed by atoms with Crippen molar-refractivity contribution in [2.75, 3.05) is 14.2 Å². The second-order valence-corrected chi connectivity index (χ2v) is 6.12. The van der Waals surface area contributed by atoms with Gasteiger partial charge < -0.3 is 4.74 Å². The molecule has 0 heterocycles. The molecule has 3 heteroatoms. The van der Waals surface area contributed by atoms with Gasteiger partial charge in [-0.05, 0) is 44.9 Å². The Hall–Kier alpha value is -1.53. The molecule has 0 amide bonds. The zero-order valence-electron chi connectivity index (χ0n) is 13.4. The van der Waals surface area contributed by atoms with Crippen molar-refractivity contribution >= 4 is 0 Å². The number of nitrogens with zero attached hydrogens (tertiary/aromatic N) is 2. The maximum Gasteiger partial charge on any atom is 0.122 e. The molecule has 0 aromatic heterocycles. The van der Waals surface area contributed by atoms with E-state index in [4.69, 9.17) is 4.74 Å². The van der Waals surface area contributed by atoms with Crippen molar-refractivity contribution in [1.82, 2.24) is 4.90 Å². The number of hydrogen-bond acceptors (Lipinski definition) is 3. The van der Waals surface area contributed by atoms with Crippen LogP contribution in [0, 0.1) is 17.2 Å². The molecule has 0 N–H and O–H groups in total. The number of ether oxygens (including phenoxy) is 1. The third-order valence-corrected chi connectivity index (χ3v) is 4.82. The highest BCUT2D eigenvalue weighted by Gasteiger charge is 2.30. The molecule has 21 heavy (non-hydrogen) atoms. The molecular formula is C18H26N2O. The van der Waals surface area contributed by atoms with Crippen molar-refractivity contribution in [1.29, 1.82) is 5.26 Å². The number of benzene rings is 1. The highest BCUT2D eigenvalue weighted by atomic mass is 16.5. The summed E-state index contributed by atoms with van der Waals surface area (Å²) in [5, 5.41) is 9.37. The van der Waals surface area contributed by atoms with Crippen molar-refractivity contribution in [3.8, 4) is 11.8 Å². The van der Waals surface area contributed by atoms with Gasteiger partial charge in [-0.3, -0.25) is 4.90 Å². The van der Waals surface area contributed by atoms with Gasteiger partial charge in [0, 0.05) is 12.1 Å². The second-order valence-electron chi connectivity index (χ2n) is 6.12. The summed E-state index contributed by atoms with van der Waals surface area (Å²) in [6, 6.07) is 11.5. The lowest BCUT2D eigenvalue weighted by Crippen LogP contribution is -2.45. The standard InChI is InChI=1S/C18H26N2O/c1-14(12-15-8-5-7-11-18(15)21-3)20(2)17-10-6-4-9-16(17)13-19/h5,7-8,11,14,16-17H,4,6,9-10,12H2,1-3H3. The molecule has 0 radical (unpaired) electrons. The van der Waals surface area contributed by atoms with E-state index in [1.807, 2.05) is 12.1 Å².